The predicted octanol–water partition coefficient (Wildman–Crippen LogP) is 4.45. The molecule has 0 aliphatic carbocycles. The van der Waals surface area contributed by atoms with Crippen molar-refractivity contribution in [3.05, 3.63) is 65.5 Å². The van der Waals surface area contributed by atoms with E-state index in [-0.39, 0.29) is 18.2 Å². The Morgan fingerprint density at radius 1 is 1.09 bits per heavy atom. The molecule has 7 nitrogen and oxygen atoms in total. The zero-order valence-electron chi connectivity index (χ0n) is 18.9. The SMILES string of the molecule is Cl.N#Cc1ccc2[nH]cc(CCCCN3CCN(c4ccc5oc(C(N)=O)cc5c4)CC3)c2c1. The number of piperazine rings is 1. The van der Waals surface area contributed by atoms with E-state index in [0.717, 1.165) is 68.6 Å². The minimum Gasteiger partial charge on any atom is -0.451 e. The monoisotopic (exact) mass is 477 g/mol. The number of carbonyl (C=O) groups is 1. The molecule has 1 aliphatic heterocycles. The molecule has 0 atom stereocenters. The summed E-state index contributed by atoms with van der Waals surface area (Å²) in [4.78, 5) is 19.6. The maximum Gasteiger partial charge on any atom is 0.284 e. The first-order valence-corrected chi connectivity index (χ1v) is 11.4. The van der Waals surface area contributed by atoms with Crippen LogP contribution in [0.15, 0.2) is 53.1 Å². The Morgan fingerprint density at radius 2 is 1.91 bits per heavy atom. The summed E-state index contributed by atoms with van der Waals surface area (Å²) < 4.78 is 5.49. The maximum absolute atomic E-state index is 11.4. The zero-order chi connectivity index (χ0) is 22.8. The number of aromatic nitrogens is 1. The molecule has 1 fully saturated rings. The predicted molar refractivity (Wildman–Crippen MR) is 137 cm³/mol. The van der Waals surface area contributed by atoms with Gasteiger partial charge in [0, 0.05) is 54.4 Å². The highest BCUT2D eigenvalue weighted by molar-refractivity contribution is 5.95. The van der Waals surface area contributed by atoms with Crippen LogP contribution in [0.4, 0.5) is 5.69 Å². The zero-order valence-corrected chi connectivity index (χ0v) is 19.7. The minimum absolute atomic E-state index is 0. The van der Waals surface area contributed by atoms with Gasteiger partial charge in [-0.15, -0.1) is 12.4 Å². The topological polar surface area (TPSA) is 102 Å². The third kappa shape index (κ3) is 4.89. The van der Waals surface area contributed by atoms with Gasteiger partial charge in [-0.05, 0) is 73.8 Å². The Morgan fingerprint density at radius 3 is 2.68 bits per heavy atom. The number of nitrogens with one attached hydrogen (secondary N) is 1. The third-order valence-corrected chi connectivity index (χ3v) is 6.55. The van der Waals surface area contributed by atoms with Crippen molar-refractivity contribution in [1.82, 2.24) is 9.88 Å². The molecular formula is C26H28ClN5O2. The van der Waals surface area contributed by atoms with Gasteiger partial charge in [-0.1, -0.05) is 0 Å². The van der Waals surface area contributed by atoms with Gasteiger partial charge >= 0.3 is 0 Å². The number of fused-ring (bicyclic) bond motifs is 2. The minimum atomic E-state index is -0.544. The molecule has 4 aromatic rings. The number of nitriles is 1. The van der Waals surface area contributed by atoms with Gasteiger partial charge < -0.3 is 20.0 Å². The number of aryl methyl sites for hydroxylation is 1. The van der Waals surface area contributed by atoms with Gasteiger partial charge in [-0.25, -0.2) is 0 Å². The number of halogens is 1. The number of carbonyl (C=O) groups excluding carboxylic acids is 1. The van der Waals surface area contributed by atoms with E-state index >= 15 is 0 Å². The largest absolute Gasteiger partial charge is 0.451 e. The first-order valence-electron chi connectivity index (χ1n) is 11.4. The second-order valence-electron chi connectivity index (χ2n) is 8.67. The molecule has 2 aromatic heterocycles. The highest BCUT2D eigenvalue weighted by Crippen LogP contribution is 2.26. The van der Waals surface area contributed by atoms with E-state index in [9.17, 15) is 4.79 Å². The van der Waals surface area contributed by atoms with Crippen LogP contribution in [-0.2, 0) is 6.42 Å². The molecule has 0 spiro atoms. The van der Waals surface area contributed by atoms with Crippen molar-refractivity contribution >= 4 is 45.9 Å². The molecule has 0 unspecified atom stereocenters. The van der Waals surface area contributed by atoms with Crippen molar-refractivity contribution in [2.45, 2.75) is 19.3 Å². The summed E-state index contributed by atoms with van der Waals surface area (Å²) in [7, 11) is 0. The van der Waals surface area contributed by atoms with E-state index in [1.54, 1.807) is 6.07 Å². The number of rotatable bonds is 7. The van der Waals surface area contributed by atoms with Gasteiger partial charge in [-0.2, -0.15) is 5.26 Å². The number of nitrogens with two attached hydrogens (primary N) is 1. The van der Waals surface area contributed by atoms with Gasteiger partial charge in [0.25, 0.3) is 5.91 Å². The van der Waals surface area contributed by atoms with E-state index < -0.39 is 5.91 Å². The Bertz CT molecular complexity index is 1340. The Balaban J connectivity index is 0.00000274. The summed E-state index contributed by atoms with van der Waals surface area (Å²) in [5.74, 6) is -0.344. The van der Waals surface area contributed by atoms with Gasteiger partial charge in [0.05, 0.1) is 11.6 Å². The van der Waals surface area contributed by atoms with Crippen LogP contribution in [0.1, 0.15) is 34.5 Å². The van der Waals surface area contributed by atoms with E-state index in [1.807, 2.05) is 30.3 Å². The molecule has 1 aliphatic rings. The molecule has 1 amide bonds. The number of anilines is 1. The van der Waals surface area contributed by atoms with Gasteiger partial charge in [0.2, 0.25) is 0 Å². The smallest absolute Gasteiger partial charge is 0.284 e. The van der Waals surface area contributed by atoms with Crippen molar-refractivity contribution in [3.63, 3.8) is 0 Å². The fourth-order valence-electron chi connectivity index (χ4n) is 4.68. The highest BCUT2D eigenvalue weighted by Gasteiger charge is 2.18. The van der Waals surface area contributed by atoms with Crippen LogP contribution in [-0.4, -0.2) is 48.5 Å². The van der Waals surface area contributed by atoms with E-state index in [2.05, 4.69) is 33.1 Å². The number of nitrogens with zero attached hydrogens (tertiary/aromatic N) is 3. The van der Waals surface area contributed by atoms with Crippen LogP contribution in [0.3, 0.4) is 0 Å². The van der Waals surface area contributed by atoms with Crippen molar-refractivity contribution in [1.29, 1.82) is 5.26 Å². The average Bonchev–Trinajstić information content (AvgIpc) is 3.45. The van der Waals surface area contributed by atoms with Gasteiger partial charge in [0.15, 0.2) is 5.76 Å². The molecule has 5 rings (SSSR count). The number of benzene rings is 2. The summed E-state index contributed by atoms with van der Waals surface area (Å²) in [6.07, 6.45) is 5.38. The molecule has 0 radical (unpaired) electrons. The number of amides is 1. The van der Waals surface area contributed by atoms with E-state index in [0.29, 0.717) is 11.1 Å². The Labute approximate surface area is 204 Å². The lowest BCUT2D eigenvalue weighted by atomic mass is 10.1. The van der Waals surface area contributed by atoms with E-state index in [4.69, 9.17) is 15.4 Å². The van der Waals surface area contributed by atoms with Crippen LogP contribution in [0.5, 0.6) is 0 Å². The lowest BCUT2D eigenvalue weighted by molar-refractivity contribution is 0.0976. The quantitative estimate of drug-likeness (QED) is 0.383. The first kappa shape index (κ1) is 23.7. The van der Waals surface area contributed by atoms with Crippen molar-refractivity contribution in [2.24, 2.45) is 5.73 Å². The maximum atomic E-state index is 11.4. The summed E-state index contributed by atoms with van der Waals surface area (Å²) in [5.41, 5.74) is 10.3. The molecule has 2 aromatic carbocycles. The second kappa shape index (κ2) is 10.2. The van der Waals surface area contributed by atoms with Crippen molar-refractivity contribution < 1.29 is 9.21 Å². The molecule has 1 saturated heterocycles. The Hall–Kier alpha value is -3.47. The first-order chi connectivity index (χ1) is 16.1. The lowest BCUT2D eigenvalue weighted by Crippen LogP contribution is -2.46. The molecule has 34 heavy (non-hydrogen) atoms. The lowest BCUT2D eigenvalue weighted by Gasteiger charge is -2.36. The van der Waals surface area contributed by atoms with Gasteiger partial charge in [0.1, 0.15) is 5.58 Å². The number of furan rings is 1. The average molecular weight is 478 g/mol. The molecular weight excluding hydrogens is 450 g/mol. The summed E-state index contributed by atoms with van der Waals surface area (Å²) in [5, 5.41) is 11.2. The van der Waals surface area contributed by atoms with Crippen molar-refractivity contribution in [2.75, 3.05) is 37.6 Å². The van der Waals surface area contributed by atoms with Crippen LogP contribution in [0.2, 0.25) is 0 Å². The fourth-order valence-corrected chi connectivity index (χ4v) is 4.68. The molecule has 8 heteroatoms. The van der Waals surface area contributed by atoms with Crippen molar-refractivity contribution in [3.8, 4) is 6.07 Å². The fraction of sp³-hybridized carbons (Fsp3) is 0.308. The molecule has 176 valence electrons. The van der Waals surface area contributed by atoms with Crippen LogP contribution < -0.4 is 10.6 Å². The highest BCUT2D eigenvalue weighted by atomic mass is 35.5. The van der Waals surface area contributed by atoms with Crippen LogP contribution in [0.25, 0.3) is 21.9 Å². The molecule has 3 heterocycles. The summed E-state index contributed by atoms with van der Waals surface area (Å²) in [6.45, 7) is 5.13. The number of H-pyrrole nitrogens is 1. The molecule has 0 saturated carbocycles. The Kier molecular flexibility index (Phi) is 7.11. The number of aromatic amines is 1. The third-order valence-electron chi connectivity index (χ3n) is 6.55. The summed E-state index contributed by atoms with van der Waals surface area (Å²) >= 11 is 0. The molecule has 0 bridgehead atoms. The second-order valence-corrected chi connectivity index (χ2v) is 8.67. The number of unbranched alkanes of at least 4 members (excludes halogenated alkanes) is 1. The normalized spacial score (nSPS) is 14.3. The van der Waals surface area contributed by atoms with E-state index in [1.165, 1.54) is 10.9 Å². The summed E-state index contributed by atoms with van der Waals surface area (Å²) in [6, 6.07) is 15.8. The standard InChI is InChI=1S/C26H27N5O2.ClH/c27-16-18-4-6-23-22(13-18)19(17-29-23)3-1-2-8-30-9-11-31(12-10-30)21-5-7-24-20(14-21)15-25(33-24)26(28)32;/h4-7,13-15,17,29H,1-3,8-12H2,(H2,28,32);1H. The number of hydrogen-bond acceptors (Lipinski definition) is 5. The van der Waals surface area contributed by atoms with Crippen LogP contribution in [0, 0.1) is 11.3 Å². The van der Waals surface area contributed by atoms with Crippen LogP contribution >= 0.6 is 12.4 Å². The number of primary amides is 1. The molecule has 3 N–H and O–H groups in total. The van der Waals surface area contributed by atoms with Gasteiger partial charge in [-0.3, -0.25) is 9.69 Å². The number of hydrogen-bond donors (Lipinski definition) is 2.